The molecule has 0 heterocycles. The molecule has 1 saturated carbocycles. The van der Waals surface area contributed by atoms with Crippen molar-refractivity contribution in [2.75, 3.05) is 0 Å². The Bertz CT molecular complexity index is 314. The molecule has 1 aliphatic carbocycles. The molecule has 1 aliphatic rings. The minimum Gasteiger partial charge on any atom is -0.456 e. The highest BCUT2D eigenvalue weighted by Crippen LogP contribution is 2.38. The molecule has 0 aliphatic heterocycles. The van der Waals surface area contributed by atoms with Crippen LogP contribution in [0.2, 0.25) is 0 Å². The fourth-order valence-electron chi connectivity index (χ4n) is 3.29. The first kappa shape index (κ1) is 18.3. The summed E-state index contributed by atoms with van der Waals surface area (Å²) in [4.78, 5) is 11.8. The van der Waals surface area contributed by atoms with Crippen LogP contribution in [0.5, 0.6) is 0 Å². The second kappa shape index (κ2) is 10.0. The summed E-state index contributed by atoms with van der Waals surface area (Å²) >= 11 is 0. The van der Waals surface area contributed by atoms with E-state index in [1.54, 1.807) is 6.92 Å². The molecule has 1 rings (SSSR count). The van der Waals surface area contributed by atoms with Crippen molar-refractivity contribution in [3.8, 4) is 0 Å². The molecule has 0 N–H and O–H groups in total. The van der Waals surface area contributed by atoms with Gasteiger partial charge in [-0.05, 0) is 45.4 Å². The summed E-state index contributed by atoms with van der Waals surface area (Å²) < 4.78 is 5.78. The van der Waals surface area contributed by atoms with Crippen LogP contribution in [-0.2, 0) is 9.53 Å². The van der Waals surface area contributed by atoms with Crippen molar-refractivity contribution in [3.63, 3.8) is 0 Å². The van der Waals surface area contributed by atoms with Crippen LogP contribution < -0.4 is 0 Å². The number of unbranched alkanes of at least 4 members (excludes halogenated alkanes) is 7. The molecule has 2 nitrogen and oxygen atoms in total. The highest BCUT2D eigenvalue weighted by Gasteiger charge is 2.37. The molecule has 2 heteroatoms. The molecule has 122 valence electrons. The molecular formula is C19H34O2. The van der Waals surface area contributed by atoms with Crippen molar-refractivity contribution >= 4 is 5.97 Å². The SMILES string of the molecule is C=C(C)C(=O)OC1(CCCCCCCCCC)CCCC1. The van der Waals surface area contributed by atoms with Crippen LogP contribution in [0.25, 0.3) is 0 Å². The zero-order valence-electron chi connectivity index (χ0n) is 14.2. The van der Waals surface area contributed by atoms with Crippen molar-refractivity contribution in [2.24, 2.45) is 0 Å². The number of carbonyl (C=O) groups excluding carboxylic acids is 1. The Hall–Kier alpha value is -0.790. The van der Waals surface area contributed by atoms with E-state index in [0.29, 0.717) is 5.57 Å². The van der Waals surface area contributed by atoms with Gasteiger partial charge in [0.2, 0.25) is 0 Å². The van der Waals surface area contributed by atoms with Crippen molar-refractivity contribution < 1.29 is 9.53 Å². The Balaban J connectivity index is 2.19. The van der Waals surface area contributed by atoms with Gasteiger partial charge in [-0.3, -0.25) is 0 Å². The highest BCUT2D eigenvalue weighted by molar-refractivity contribution is 5.87. The van der Waals surface area contributed by atoms with Gasteiger partial charge in [0.25, 0.3) is 0 Å². The maximum absolute atomic E-state index is 11.8. The van der Waals surface area contributed by atoms with E-state index < -0.39 is 0 Å². The summed E-state index contributed by atoms with van der Waals surface area (Å²) in [5.41, 5.74) is 0.357. The van der Waals surface area contributed by atoms with Gasteiger partial charge in [-0.2, -0.15) is 0 Å². The summed E-state index contributed by atoms with van der Waals surface area (Å²) in [5.74, 6) is -0.198. The van der Waals surface area contributed by atoms with E-state index >= 15 is 0 Å². The first-order valence-electron chi connectivity index (χ1n) is 8.98. The molecule has 0 atom stereocenters. The zero-order valence-corrected chi connectivity index (χ0v) is 14.2. The third-order valence-electron chi connectivity index (χ3n) is 4.66. The van der Waals surface area contributed by atoms with Crippen molar-refractivity contribution in [1.82, 2.24) is 0 Å². The molecule has 0 radical (unpaired) electrons. The van der Waals surface area contributed by atoms with Crippen molar-refractivity contribution in [1.29, 1.82) is 0 Å². The summed E-state index contributed by atoms with van der Waals surface area (Å²) in [6.07, 6.45) is 16.1. The van der Waals surface area contributed by atoms with Gasteiger partial charge >= 0.3 is 5.97 Å². The Morgan fingerprint density at radius 2 is 1.52 bits per heavy atom. The van der Waals surface area contributed by atoms with E-state index in [1.807, 2.05) is 0 Å². The number of rotatable bonds is 11. The fraction of sp³-hybridized carbons (Fsp3) is 0.842. The average Bonchev–Trinajstić information content (AvgIpc) is 2.90. The van der Waals surface area contributed by atoms with Crippen LogP contribution in [0.3, 0.4) is 0 Å². The molecule has 21 heavy (non-hydrogen) atoms. The van der Waals surface area contributed by atoms with Gasteiger partial charge in [0.15, 0.2) is 0 Å². The van der Waals surface area contributed by atoms with Gasteiger partial charge in [0, 0.05) is 5.57 Å². The smallest absolute Gasteiger partial charge is 0.333 e. The standard InChI is InChI=1S/C19H34O2/c1-4-5-6-7-8-9-10-11-14-19(15-12-13-16-19)21-18(20)17(2)3/h2,4-16H2,1,3H3. The fourth-order valence-corrected chi connectivity index (χ4v) is 3.29. The normalized spacial score (nSPS) is 16.9. The minimum atomic E-state index is -0.198. The second-order valence-electron chi connectivity index (χ2n) is 6.78. The summed E-state index contributed by atoms with van der Waals surface area (Å²) in [6, 6.07) is 0. The first-order chi connectivity index (χ1) is 10.1. The van der Waals surface area contributed by atoms with Crippen LogP contribution in [0.4, 0.5) is 0 Å². The van der Waals surface area contributed by atoms with Crippen molar-refractivity contribution in [2.45, 2.75) is 103 Å². The molecule has 0 unspecified atom stereocenters. The molecule has 0 aromatic heterocycles. The summed E-state index contributed by atoms with van der Waals surface area (Å²) in [7, 11) is 0. The van der Waals surface area contributed by atoms with Gasteiger partial charge in [0.1, 0.15) is 5.60 Å². The van der Waals surface area contributed by atoms with Crippen LogP contribution in [-0.4, -0.2) is 11.6 Å². The van der Waals surface area contributed by atoms with Crippen LogP contribution >= 0.6 is 0 Å². The molecule has 0 saturated heterocycles. The van der Waals surface area contributed by atoms with E-state index in [9.17, 15) is 4.79 Å². The molecular weight excluding hydrogens is 260 g/mol. The topological polar surface area (TPSA) is 26.3 Å². The average molecular weight is 294 g/mol. The molecule has 0 bridgehead atoms. The summed E-state index contributed by atoms with van der Waals surface area (Å²) in [6.45, 7) is 7.69. The Morgan fingerprint density at radius 3 is 2.05 bits per heavy atom. The lowest BCUT2D eigenvalue weighted by molar-refractivity contribution is -0.155. The highest BCUT2D eigenvalue weighted by atomic mass is 16.6. The summed E-state index contributed by atoms with van der Waals surface area (Å²) in [5, 5.41) is 0. The lowest BCUT2D eigenvalue weighted by Crippen LogP contribution is -2.32. The Labute approximate surface area is 131 Å². The van der Waals surface area contributed by atoms with Gasteiger partial charge in [0.05, 0.1) is 0 Å². The molecule has 0 spiro atoms. The van der Waals surface area contributed by atoms with Gasteiger partial charge in [-0.25, -0.2) is 4.79 Å². The Kier molecular flexibility index (Phi) is 8.72. The quantitative estimate of drug-likeness (QED) is 0.267. The third-order valence-corrected chi connectivity index (χ3v) is 4.66. The van der Waals surface area contributed by atoms with Gasteiger partial charge < -0.3 is 4.74 Å². The maximum Gasteiger partial charge on any atom is 0.333 e. The number of hydrogen-bond acceptors (Lipinski definition) is 2. The monoisotopic (exact) mass is 294 g/mol. The molecule has 0 aromatic carbocycles. The van der Waals surface area contributed by atoms with Crippen LogP contribution in [0, 0.1) is 0 Å². The lowest BCUT2D eigenvalue weighted by Gasteiger charge is -2.29. The number of ether oxygens (including phenoxy) is 1. The third kappa shape index (κ3) is 7.15. The second-order valence-corrected chi connectivity index (χ2v) is 6.78. The molecule has 0 aromatic rings. The van der Waals surface area contributed by atoms with E-state index in [1.165, 1.54) is 64.2 Å². The zero-order chi connectivity index (χ0) is 15.6. The van der Waals surface area contributed by atoms with Crippen LogP contribution in [0.15, 0.2) is 12.2 Å². The van der Waals surface area contributed by atoms with Crippen molar-refractivity contribution in [3.05, 3.63) is 12.2 Å². The first-order valence-corrected chi connectivity index (χ1v) is 8.98. The molecule has 0 amide bonds. The lowest BCUT2D eigenvalue weighted by atomic mass is 9.93. The van der Waals surface area contributed by atoms with E-state index in [2.05, 4.69) is 13.5 Å². The van der Waals surface area contributed by atoms with E-state index in [4.69, 9.17) is 4.74 Å². The Morgan fingerprint density at radius 1 is 1.00 bits per heavy atom. The van der Waals surface area contributed by atoms with E-state index in [0.717, 1.165) is 19.3 Å². The number of hydrogen-bond donors (Lipinski definition) is 0. The predicted molar refractivity (Wildman–Crippen MR) is 89.3 cm³/mol. The van der Waals surface area contributed by atoms with Gasteiger partial charge in [-0.1, -0.05) is 58.4 Å². The number of esters is 1. The minimum absolute atomic E-state index is 0.168. The number of carbonyl (C=O) groups is 1. The predicted octanol–water partition coefficient (Wildman–Crippen LogP) is 5.95. The van der Waals surface area contributed by atoms with Crippen LogP contribution in [0.1, 0.15) is 97.3 Å². The van der Waals surface area contributed by atoms with E-state index in [-0.39, 0.29) is 11.6 Å². The van der Waals surface area contributed by atoms with Gasteiger partial charge in [-0.15, -0.1) is 0 Å². The largest absolute Gasteiger partial charge is 0.456 e. The maximum atomic E-state index is 11.8. The molecule has 1 fully saturated rings.